The van der Waals surface area contributed by atoms with Gasteiger partial charge in [-0.3, -0.25) is 14.9 Å². The molecular weight excluding hydrogens is 305 g/mol. The molecule has 21 heavy (non-hydrogen) atoms. The van der Waals surface area contributed by atoms with Gasteiger partial charge in [0.1, 0.15) is 0 Å². The van der Waals surface area contributed by atoms with E-state index in [-0.39, 0.29) is 18.9 Å². The second-order valence-electron chi connectivity index (χ2n) is 4.31. The van der Waals surface area contributed by atoms with Crippen LogP contribution in [0.5, 0.6) is 0 Å². The third-order valence-corrected chi connectivity index (χ3v) is 4.01. The Labute approximate surface area is 120 Å². The largest absolute Gasteiger partial charge is 0.349 e. The quantitative estimate of drug-likeness (QED) is 0.606. The van der Waals surface area contributed by atoms with Crippen LogP contribution in [0.15, 0.2) is 23.1 Å². The molecule has 0 aliphatic carbocycles. The first-order chi connectivity index (χ1) is 9.65. The smallest absolute Gasteiger partial charge is 0.304 e. The van der Waals surface area contributed by atoms with Crippen molar-refractivity contribution in [3.63, 3.8) is 0 Å². The lowest BCUT2D eigenvalue weighted by atomic mass is 10.3. The van der Waals surface area contributed by atoms with Gasteiger partial charge in [-0.25, -0.2) is 13.1 Å². The molecule has 1 aromatic rings. The van der Waals surface area contributed by atoms with E-state index in [1.54, 1.807) is 0 Å². The van der Waals surface area contributed by atoms with Crippen LogP contribution in [0, 0.1) is 15.9 Å². The molecule has 1 amide bonds. The molecule has 0 aromatic heterocycles. The molecule has 1 rings (SSSR count). The maximum atomic E-state index is 13.4. The molecule has 8 nitrogen and oxygen atoms in total. The second kappa shape index (κ2) is 6.59. The van der Waals surface area contributed by atoms with Crippen LogP contribution in [-0.2, 0) is 14.8 Å². The summed E-state index contributed by atoms with van der Waals surface area (Å²) in [5.41, 5.74) is -0.809. The Morgan fingerprint density at radius 1 is 1.43 bits per heavy atom. The first kappa shape index (κ1) is 17.0. The molecule has 0 heterocycles. The number of sulfonamides is 1. The highest BCUT2D eigenvalue weighted by Gasteiger charge is 2.20. The lowest BCUT2D eigenvalue weighted by molar-refractivity contribution is -0.387. The highest BCUT2D eigenvalue weighted by atomic mass is 32.2. The third-order valence-electron chi connectivity index (χ3n) is 2.56. The monoisotopic (exact) mass is 319 g/mol. The zero-order valence-electron chi connectivity index (χ0n) is 11.4. The summed E-state index contributed by atoms with van der Waals surface area (Å²) in [4.78, 5) is 21.7. The van der Waals surface area contributed by atoms with Gasteiger partial charge in [-0.2, -0.15) is 4.39 Å². The van der Waals surface area contributed by atoms with E-state index in [1.165, 1.54) is 19.0 Å². The van der Waals surface area contributed by atoms with Crippen molar-refractivity contribution in [3.8, 4) is 0 Å². The second-order valence-corrected chi connectivity index (χ2v) is 6.07. The minimum atomic E-state index is -4.03. The number of hydrogen-bond acceptors (Lipinski definition) is 5. The average Bonchev–Trinajstić information content (AvgIpc) is 2.37. The van der Waals surface area contributed by atoms with Crippen LogP contribution in [0.25, 0.3) is 0 Å². The summed E-state index contributed by atoms with van der Waals surface area (Å²) in [6.07, 6.45) is -0.0539. The summed E-state index contributed by atoms with van der Waals surface area (Å²) in [6.45, 7) is -0.155. The van der Waals surface area contributed by atoms with Gasteiger partial charge in [0.15, 0.2) is 0 Å². The fourth-order valence-corrected chi connectivity index (χ4v) is 2.45. The van der Waals surface area contributed by atoms with Gasteiger partial charge in [-0.05, 0) is 6.07 Å². The summed E-state index contributed by atoms with van der Waals surface area (Å²) < 4.78 is 39.2. The summed E-state index contributed by atoms with van der Waals surface area (Å²) in [6, 6.07) is 2.26. The number of nitro groups is 1. The fourth-order valence-electron chi connectivity index (χ4n) is 1.40. The highest BCUT2D eigenvalue weighted by molar-refractivity contribution is 7.89. The van der Waals surface area contributed by atoms with Crippen molar-refractivity contribution >= 4 is 21.6 Å². The molecule has 116 valence electrons. The molecule has 1 aromatic carbocycles. The van der Waals surface area contributed by atoms with Crippen molar-refractivity contribution in [2.24, 2.45) is 0 Å². The fraction of sp³-hybridized carbons (Fsp3) is 0.364. The molecule has 10 heteroatoms. The van der Waals surface area contributed by atoms with Crippen molar-refractivity contribution in [1.82, 2.24) is 9.62 Å². The number of carbonyl (C=O) groups excluding carboxylic acids is 1. The number of rotatable bonds is 6. The number of nitrogens with one attached hydrogen (secondary N) is 1. The van der Waals surface area contributed by atoms with Crippen molar-refractivity contribution < 1.29 is 22.5 Å². The Morgan fingerprint density at radius 2 is 2.05 bits per heavy atom. The van der Waals surface area contributed by atoms with Crippen molar-refractivity contribution in [2.45, 2.75) is 11.3 Å². The lowest BCUT2D eigenvalue weighted by Gasteiger charge is -2.11. The van der Waals surface area contributed by atoms with E-state index in [4.69, 9.17) is 0 Å². The summed E-state index contributed by atoms with van der Waals surface area (Å²) in [5.74, 6) is -1.51. The van der Waals surface area contributed by atoms with E-state index in [0.29, 0.717) is 6.07 Å². The van der Waals surface area contributed by atoms with E-state index in [2.05, 4.69) is 4.72 Å². The number of nitro benzene ring substituents is 1. The maximum absolute atomic E-state index is 13.4. The summed E-state index contributed by atoms with van der Waals surface area (Å²) >= 11 is 0. The van der Waals surface area contributed by atoms with Crippen LogP contribution in [0.3, 0.4) is 0 Å². The zero-order valence-corrected chi connectivity index (χ0v) is 12.2. The Bertz CT molecular complexity index is 660. The summed E-state index contributed by atoms with van der Waals surface area (Å²) in [7, 11) is -0.969. The van der Waals surface area contributed by atoms with Gasteiger partial charge in [0.05, 0.1) is 9.82 Å². The maximum Gasteiger partial charge on any atom is 0.304 e. The lowest BCUT2D eigenvalue weighted by Crippen LogP contribution is -2.30. The van der Waals surface area contributed by atoms with Gasteiger partial charge in [0.2, 0.25) is 21.7 Å². The van der Waals surface area contributed by atoms with Crippen molar-refractivity contribution in [1.29, 1.82) is 0 Å². The van der Waals surface area contributed by atoms with E-state index in [0.717, 1.165) is 12.1 Å². The van der Waals surface area contributed by atoms with E-state index in [1.807, 2.05) is 0 Å². The number of carbonyl (C=O) groups is 1. The van der Waals surface area contributed by atoms with Gasteiger partial charge in [-0.15, -0.1) is 0 Å². The number of halogens is 1. The normalized spacial score (nSPS) is 11.2. The Hall–Kier alpha value is -2.07. The number of hydrogen-bond donors (Lipinski definition) is 1. The molecule has 0 aliphatic heterocycles. The molecular formula is C11H14FN3O5S. The average molecular weight is 319 g/mol. The van der Waals surface area contributed by atoms with Gasteiger partial charge < -0.3 is 4.90 Å². The minimum Gasteiger partial charge on any atom is -0.349 e. The first-order valence-electron chi connectivity index (χ1n) is 5.79. The molecule has 0 saturated heterocycles. The van der Waals surface area contributed by atoms with E-state index >= 15 is 0 Å². The Balaban J connectivity index is 2.82. The van der Waals surface area contributed by atoms with Crippen LogP contribution in [0.2, 0.25) is 0 Å². The van der Waals surface area contributed by atoms with Crippen LogP contribution in [0.1, 0.15) is 6.42 Å². The standard InChI is InChI=1S/C11H14FN3O5S/c1-14(2)11(16)5-6-13-21(19,20)8-3-4-10(15(17)18)9(12)7-8/h3-4,7,13H,5-6H2,1-2H3. The van der Waals surface area contributed by atoms with Crippen molar-refractivity contribution in [3.05, 3.63) is 34.1 Å². The van der Waals surface area contributed by atoms with E-state index < -0.39 is 31.3 Å². The highest BCUT2D eigenvalue weighted by Crippen LogP contribution is 2.20. The van der Waals surface area contributed by atoms with Gasteiger partial charge in [0, 0.05) is 39.2 Å². The molecule has 0 fully saturated rings. The molecule has 0 unspecified atom stereocenters. The SMILES string of the molecule is CN(C)C(=O)CCNS(=O)(=O)c1ccc([N+](=O)[O-])c(F)c1. The Kier molecular flexibility index (Phi) is 5.33. The Morgan fingerprint density at radius 3 is 2.52 bits per heavy atom. The topological polar surface area (TPSA) is 110 Å². The van der Waals surface area contributed by atoms with Crippen LogP contribution < -0.4 is 4.72 Å². The van der Waals surface area contributed by atoms with Gasteiger partial charge in [-0.1, -0.05) is 0 Å². The predicted molar refractivity (Wildman–Crippen MR) is 71.6 cm³/mol. The molecule has 0 saturated carbocycles. The third kappa shape index (κ3) is 4.46. The predicted octanol–water partition coefficient (Wildman–Crippen LogP) is 0.490. The van der Waals surface area contributed by atoms with Crippen LogP contribution in [0.4, 0.5) is 10.1 Å². The molecule has 0 spiro atoms. The van der Waals surface area contributed by atoms with E-state index in [9.17, 15) is 27.7 Å². The number of benzene rings is 1. The molecule has 0 atom stereocenters. The number of amides is 1. The van der Waals surface area contributed by atoms with Gasteiger partial charge in [0.25, 0.3) is 0 Å². The summed E-state index contributed by atoms with van der Waals surface area (Å²) in [5, 5.41) is 10.5. The minimum absolute atomic E-state index is 0.0539. The van der Waals surface area contributed by atoms with Gasteiger partial charge >= 0.3 is 5.69 Å². The van der Waals surface area contributed by atoms with Crippen molar-refractivity contribution in [2.75, 3.05) is 20.6 Å². The van der Waals surface area contributed by atoms with Crippen LogP contribution >= 0.6 is 0 Å². The molecule has 0 aliphatic rings. The zero-order chi connectivity index (χ0) is 16.2. The van der Waals surface area contributed by atoms with Crippen LogP contribution in [-0.4, -0.2) is 44.8 Å². The molecule has 0 radical (unpaired) electrons. The first-order valence-corrected chi connectivity index (χ1v) is 7.27. The number of nitrogens with zero attached hydrogens (tertiary/aromatic N) is 2. The molecule has 0 bridgehead atoms. The molecule has 1 N–H and O–H groups in total.